The van der Waals surface area contributed by atoms with Crippen LogP contribution in [-0.4, -0.2) is 50.1 Å². The number of amides is 2. The number of carbonyl (C=O) groups excluding carboxylic acids is 2. The van der Waals surface area contributed by atoms with Gasteiger partial charge in [0.15, 0.2) is 11.5 Å². The van der Waals surface area contributed by atoms with E-state index in [4.69, 9.17) is 9.47 Å². The first kappa shape index (κ1) is 15.6. The minimum absolute atomic E-state index is 0.164. The molecule has 6 nitrogen and oxygen atoms in total. The molecule has 1 unspecified atom stereocenters. The van der Waals surface area contributed by atoms with Crippen LogP contribution in [0.3, 0.4) is 0 Å². The predicted octanol–water partition coefficient (Wildman–Crippen LogP) is 1.44. The van der Waals surface area contributed by atoms with Gasteiger partial charge < -0.3 is 19.7 Å². The van der Waals surface area contributed by atoms with Crippen LogP contribution in [0, 0.1) is 5.92 Å². The summed E-state index contributed by atoms with van der Waals surface area (Å²) in [6.45, 7) is 1.28. The molecule has 1 heterocycles. The number of ether oxygens (including phenoxy) is 2. The van der Waals surface area contributed by atoms with Crippen molar-refractivity contribution in [3.63, 3.8) is 0 Å². The Hall–Kier alpha value is -2.24. The molecular weight excluding hydrogens is 296 g/mol. The average Bonchev–Trinajstić information content (AvgIpc) is 3.34. The number of nitrogens with one attached hydrogen (secondary N) is 1. The fourth-order valence-corrected chi connectivity index (χ4v) is 3.00. The fraction of sp³-hybridized carbons (Fsp3) is 0.529. The van der Waals surface area contributed by atoms with Gasteiger partial charge >= 0.3 is 0 Å². The summed E-state index contributed by atoms with van der Waals surface area (Å²) in [5.41, 5.74) is 0.519. The van der Waals surface area contributed by atoms with Crippen molar-refractivity contribution < 1.29 is 19.1 Å². The lowest BCUT2D eigenvalue weighted by molar-refractivity contribution is -0.128. The zero-order valence-electron chi connectivity index (χ0n) is 13.5. The summed E-state index contributed by atoms with van der Waals surface area (Å²) in [5, 5.41) is 2.92. The first-order valence-corrected chi connectivity index (χ1v) is 7.92. The largest absolute Gasteiger partial charge is 0.493 e. The Kier molecular flexibility index (Phi) is 4.41. The Morgan fingerprint density at radius 2 is 2.00 bits per heavy atom. The van der Waals surface area contributed by atoms with Crippen LogP contribution in [-0.2, 0) is 4.79 Å². The maximum atomic E-state index is 12.3. The summed E-state index contributed by atoms with van der Waals surface area (Å²) in [6.07, 6.45) is 2.77. The molecule has 2 fully saturated rings. The highest BCUT2D eigenvalue weighted by atomic mass is 16.5. The summed E-state index contributed by atoms with van der Waals surface area (Å²) < 4.78 is 10.4. The Labute approximate surface area is 135 Å². The van der Waals surface area contributed by atoms with Gasteiger partial charge in [-0.05, 0) is 31.0 Å². The third-order valence-electron chi connectivity index (χ3n) is 4.42. The molecule has 124 valence electrons. The van der Waals surface area contributed by atoms with Crippen molar-refractivity contribution in [2.45, 2.75) is 25.3 Å². The van der Waals surface area contributed by atoms with E-state index in [2.05, 4.69) is 5.32 Å². The topological polar surface area (TPSA) is 67.9 Å². The number of hydrogen-bond donors (Lipinski definition) is 1. The van der Waals surface area contributed by atoms with Crippen LogP contribution in [0.5, 0.6) is 11.5 Å². The van der Waals surface area contributed by atoms with E-state index in [9.17, 15) is 9.59 Å². The molecule has 1 N–H and O–H groups in total. The van der Waals surface area contributed by atoms with Crippen LogP contribution < -0.4 is 14.8 Å². The number of rotatable bonds is 6. The molecule has 0 aromatic heterocycles. The highest BCUT2D eigenvalue weighted by Crippen LogP contribution is 2.32. The van der Waals surface area contributed by atoms with Crippen molar-refractivity contribution in [1.29, 1.82) is 0 Å². The first-order valence-electron chi connectivity index (χ1n) is 7.92. The highest BCUT2D eigenvalue weighted by Gasteiger charge is 2.39. The van der Waals surface area contributed by atoms with Crippen LogP contribution in [0.25, 0.3) is 0 Å². The second-order valence-corrected chi connectivity index (χ2v) is 6.13. The minimum atomic E-state index is -0.164. The van der Waals surface area contributed by atoms with Gasteiger partial charge in [-0.25, -0.2) is 0 Å². The molecule has 1 saturated heterocycles. The molecule has 0 bridgehead atoms. The van der Waals surface area contributed by atoms with Crippen molar-refractivity contribution in [3.8, 4) is 11.5 Å². The molecule has 2 amide bonds. The van der Waals surface area contributed by atoms with Crippen LogP contribution >= 0.6 is 0 Å². The highest BCUT2D eigenvalue weighted by molar-refractivity contribution is 5.95. The number of nitrogens with zero attached hydrogens (tertiary/aromatic N) is 1. The second kappa shape index (κ2) is 6.48. The maximum absolute atomic E-state index is 12.3. The van der Waals surface area contributed by atoms with Crippen LogP contribution in [0.2, 0.25) is 0 Å². The maximum Gasteiger partial charge on any atom is 0.251 e. The normalized spacial score (nSPS) is 20.5. The molecule has 1 atom stereocenters. The predicted molar refractivity (Wildman–Crippen MR) is 84.7 cm³/mol. The lowest BCUT2D eigenvalue weighted by atomic mass is 10.1. The van der Waals surface area contributed by atoms with E-state index in [1.165, 1.54) is 7.11 Å². The van der Waals surface area contributed by atoms with E-state index in [0.29, 0.717) is 36.1 Å². The van der Waals surface area contributed by atoms with Gasteiger partial charge in [0.2, 0.25) is 5.91 Å². The molecule has 1 aliphatic carbocycles. The number of benzene rings is 1. The molecule has 23 heavy (non-hydrogen) atoms. The number of carbonyl (C=O) groups is 2. The van der Waals surface area contributed by atoms with Gasteiger partial charge in [-0.15, -0.1) is 0 Å². The fourth-order valence-electron chi connectivity index (χ4n) is 3.00. The van der Waals surface area contributed by atoms with E-state index in [1.807, 2.05) is 4.90 Å². The zero-order chi connectivity index (χ0) is 16.4. The van der Waals surface area contributed by atoms with Gasteiger partial charge in [0.05, 0.1) is 14.2 Å². The van der Waals surface area contributed by atoms with Gasteiger partial charge in [-0.2, -0.15) is 0 Å². The third kappa shape index (κ3) is 3.41. The van der Waals surface area contributed by atoms with Crippen LogP contribution in [0.1, 0.15) is 29.6 Å². The molecule has 3 rings (SSSR count). The van der Waals surface area contributed by atoms with Gasteiger partial charge in [-0.3, -0.25) is 9.59 Å². The monoisotopic (exact) mass is 318 g/mol. The molecule has 1 aromatic rings. The van der Waals surface area contributed by atoms with Crippen molar-refractivity contribution in [3.05, 3.63) is 23.8 Å². The summed E-state index contributed by atoms with van der Waals surface area (Å²) in [6, 6.07) is 5.52. The molecule has 0 radical (unpaired) electrons. The zero-order valence-corrected chi connectivity index (χ0v) is 13.5. The molecule has 6 heteroatoms. The Balaban J connectivity index is 1.56. The van der Waals surface area contributed by atoms with Crippen molar-refractivity contribution >= 4 is 11.8 Å². The SMILES string of the molecule is COc1ccc(C(=O)NCC2CC(=O)N(C3CC3)C2)cc1OC. The summed E-state index contributed by atoms with van der Waals surface area (Å²) in [4.78, 5) is 26.2. The number of hydrogen-bond acceptors (Lipinski definition) is 4. The van der Waals surface area contributed by atoms with Crippen LogP contribution in [0.4, 0.5) is 0 Å². The Morgan fingerprint density at radius 1 is 1.26 bits per heavy atom. The van der Waals surface area contributed by atoms with Gasteiger partial charge in [0.1, 0.15) is 0 Å². The summed E-state index contributed by atoms with van der Waals surface area (Å²) in [7, 11) is 3.09. The van der Waals surface area contributed by atoms with E-state index < -0.39 is 0 Å². The lowest BCUT2D eigenvalue weighted by Crippen LogP contribution is -2.32. The standard InChI is InChI=1S/C17H22N2O4/c1-22-14-6-3-12(8-15(14)23-2)17(21)18-9-11-7-16(20)19(10-11)13-4-5-13/h3,6,8,11,13H,4-5,7,9-10H2,1-2H3,(H,18,21). The van der Waals surface area contributed by atoms with Gasteiger partial charge in [0.25, 0.3) is 5.91 Å². The van der Waals surface area contributed by atoms with Crippen LogP contribution in [0.15, 0.2) is 18.2 Å². The Bertz CT molecular complexity index is 613. The molecule has 1 aliphatic heterocycles. The quantitative estimate of drug-likeness (QED) is 0.862. The van der Waals surface area contributed by atoms with E-state index in [1.54, 1.807) is 25.3 Å². The smallest absolute Gasteiger partial charge is 0.251 e. The summed E-state index contributed by atoms with van der Waals surface area (Å²) in [5.74, 6) is 1.37. The number of likely N-dealkylation sites (tertiary alicyclic amines) is 1. The first-order chi connectivity index (χ1) is 11.1. The second-order valence-electron chi connectivity index (χ2n) is 6.13. The molecular formula is C17H22N2O4. The third-order valence-corrected chi connectivity index (χ3v) is 4.42. The summed E-state index contributed by atoms with van der Waals surface area (Å²) >= 11 is 0. The van der Waals surface area contributed by atoms with Crippen molar-refractivity contribution in [1.82, 2.24) is 10.2 Å². The molecule has 0 spiro atoms. The van der Waals surface area contributed by atoms with Crippen molar-refractivity contribution in [2.75, 3.05) is 27.3 Å². The number of methoxy groups -OCH3 is 2. The van der Waals surface area contributed by atoms with E-state index >= 15 is 0 Å². The van der Waals surface area contributed by atoms with Gasteiger partial charge in [-0.1, -0.05) is 0 Å². The average molecular weight is 318 g/mol. The lowest BCUT2D eigenvalue weighted by Gasteiger charge is -2.16. The van der Waals surface area contributed by atoms with E-state index in [0.717, 1.165) is 19.4 Å². The van der Waals surface area contributed by atoms with Crippen molar-refractivity contribution in [2.24, 2.45) is 5.92 Å². The minimum Gasteiger partial charge on any atom is -0.493 e. The van der Waals surface area contributed by atoms with Gasteiger partial charge in [0, 0.05) is 37.0 Å². The Morgan fingerprint density at radius 3 is 2.65 bits per heavy atom. The molecule has 1 saturated carbocycles. The molecule has 1 aromatic carbocycles. The molecule has 2 aliphatic rings. The van der Waals surface area contributed by atoms with E-state index in [-0.39, 0.29) is 17.7 Å².